The van der Waals surface area contributed by atoms with Gasteiger partial charge in [0.05, 0.1) is 17.9 Å². The summed E-state index contributed by atoms with van der Waals surface area (Å²) in [5.74, 6) is 0.871. The Morgan fingerprint density at radius 2 is 2.10 bits per heavy atom. The van der Waals surface area contributed by atoms with E-state index in [9.17, 15) is 0 Å². The molecular formula is C16H13N3O. The molecule has 0 fully saturated rings. The Bertz CT molecular complexity index is 735. The summed E-state index contributed by atoms with van der Waals surface area (Å²) < 4.78 is 5.81. The minimum Gasteiger partial charge on any atom is -0.459 e. The summed E-state index contributed by atoms with van der Waals surface area (Å²) in [5.41, 5.74) is 2.15. The van der Waals surface area contributed by atoms with Crippen LogP contribution in [-0.2, 0) is 0 Å². The van der Waals surface area contributed by atoms with Crippen LogP contribution in [0.3, 0.4) is 0 Å². The van der Waals surface area contributed by atoms with Crippen molar-refractivity contribution in [1.82, 2.24) is 4.98 Å². The molecule has 3 aromatic rings. The van der Waals surface area contributed by atoms with Crippen molar-refractivity contribution < 1.29 is 4.42 Å². The first-order chi connectivity index (χ1) is 9.76. The molecule has 1 N–H and O–H groups in total. The van der Waals surface area contributed by atoms with Crippen LogP contribution in [0.2, 0.25) is 0 Å². The standard InChI is InChI=1S/C16H13N3O/c1-11(19-14-7-6-13(9-17)18-10-14)16-8-12-4-2-3-5-15(12)20-16/h2-8,10-11,19H,1H3/t11-/m1/s1. The Balaban J connectivity index is 1.81. The van der Waals surface area contributed by atoms with Gasteiger partial charge in [-0.05, 0) is 31.2 Å². The van der Waals surface area contributed by atoms with Crippen molar-refractivity contribution in [2.45, 2.75) is 13.0 Å². The number of aromatic nitrogens is 1. The van der Waals surface area contributed by atoms with Gasteiger partial charge in [0, 0.05) is 5.39 Å². The van der Waals surface area contributed by atoms with Crippen molar-refractivity contribution in [2.75, 3.05) is 5.32 Å². The van der Waals surface area contributed by atoms with E-state index in [1.165, 1.54) is 0 Å². The molecule has 2 aromatic heterocycles. The number of furan rings is 1. The Hall–Kier alpha value is -2.80. The normalized spacial score (nSPS) is 12.0. The maximum Gasteiger partial charge on any atom is 0.140 e. The van der Waals surface area contributed by atoms with E-state index < -0.39 is 0 Å². The van der Waals surface area contributed by atoms with E-state index in [0.29, 0.717) is 5.69 Å². The minimum absolute atomic E-state index is 0.0251. The van der Waals surface area contributed by atoms with Gasteiger partial charge in [0.2, 0.25) is 0 Å². The summed E-state index contributed by atoms with van der Waals surface area (Å²) in [5, 5.41) is 13.1. The number of fused-ring (bicyclic) bond motifs is 1. The highest BCUT2D eigenvalue weighted by atomic mass is 16.3. The lowest BCUT2D eigenvalue weighted by molar-refractivity contribution is 0.526. The molecule has 4 heteroatoms. The number of pyridine rings is 1. The van der Waals surface area contributed by atoms with Crippen molar-refractivity contribution >= 4 is 16.7 Å². The zero-order valence-corrected chi connectivity index (χ0v) is 11.0. The molecular weight excluding hydrogens is 250 g/mol. The molecule has 0 aliphatic carbocycles. The maximum atomic E-state index is 8.72. The van der Waals surface area contributed by atoms with Crippen LogP contribution in [0, 0.1) is 11.3 Å². The second-order valence-corrected chi connectivity index (χ2v) is 4.60. The third-order valence-corrected chi connectivity index (χ3v) is 3.13. The molecule has 0 unspecified atom stereocenters. The quantitative estimate of drug-likeness (QED) is 0.779. The third-order valence-electron chi connectivity index (χ3n) is 3.13. The summed E-state index contributed by atoms with van der Waals surface area (Å²) in [6, 6.07) is 15.5. The molecule has 1 aromatic carbocycles. The first-order valence-electron chi connectivity index (χ1n) is 6.37. The van der Waals surface area contributed by atoms with Gasteiger partial charge in [0.1, 0.15) is 23.1 Å². The highest BCUT2D eigenvalue weighted by molar-refractivity contribution is 5.77. The van der Waals surface area contributed by atoms with Gasteiger partial charge < -0.3 is 9.73 Å². The number of anilines is 1. The van der Waals surface area contributed by atoms with Gasteiger partial charge in [-0.1, -0.05) is 18.2 Å². The summed E-state index contributed by atoms with van der Waals surface area (Å²) in [7, 11) is 0. The summed E-state index contributed by atoms with van der Waals surface area (Å²) >= 11 is 0. The molecule has 0 saturated heterocycles. The Kier molecular flexibility index (Phi) is 3.10. The van der Waals surface area contributed by atoms with Gasteiger partial charge in [-0.2, -0.15) is 5.26 Å². The lowest BCUT2D eigenvalue weighted by atomic mass is 10.2. The van der Waals surface area contributed by atoms with Crippen molar-refractivity contribution in [2.24, 2.45) is 0 Å². The van der Waals surface area contributed by atoms with Crippen LogP contribution in [0.1, 0.15) is 24.4 Å². The van der Waals surface area contributed by atoms with E-state index in [0.717, 1.165) is 22.4 Å². The van der Waals surface area contributed by atoms with Crippen LogP contribution in [0.4, 0.5) is 5.69 Å². The summed E-state index contributed by atoms with van der Waals surface area (Å²) in [4.78, 5) is 4.03. The van der Waals surface area contributed by atoms with Gasteiger partial charge >= 0.3 is 0 Å². The molecule has 0 saturated carbocycles. The first kappa shape index (κ1) is 12.2. The Labute approximate surface area is 116 Å². The van der Waals surface area contributed by atoms with Crippen LogP contribution in [-0.4, -0.2) is 4.98 Å². The summed E-state index contributed by atoms with van der Waals surface area (Å²) in [6.07, 6.45) is 1.65. The van der Waals surface area contributed by atoms with Gasteiger partial charge in [0.15, 0.2) is 0 Å². The predicted molar refractivity (Wildman–Crippen MR) is 77.2 cm³/mol. The number of nitrogens with one attached hydrogen (secondary N) is 1. The van der Waals surface area contributed by atoms with Gasteiger partial charge in [0.25, 0.3) is 0 Å². The predicted octanol–water partition coefficient (Wildman–Crippen LogP) is 3.87. The number of nitrogens with zero attached hydrogens (tertiary/aromatic N) is 2. The van der Waals surface area contributed by atoms with E-state index in [-0.39, 0.29) is 6.04 Å². The first-order valence-corrected chi connectivity index (χ1v) is 6.37. The van der Waals surface area contributed by atoms with Gasteiger partial charge in [-0.25, -0.2) is 4.98 Å². The van der Waals surface area contributed by atoms with Gasteiger partial charge in [-0.15, -0.1) is 0 Å². The molecule has 0 aliphatic heterocycles. The molecule has 0 spiro atoms. The number of hydrogen-bond acceptors (Lipinski definition) is 4. The lowest BCUT2D eigenvalue weighted by Crippen LogP contribution is -2.05. The largest absolute Gasteiger partial charge is 0.459 e. The van der Waals surface area contributed by atoms with Crippen LogP contribution >= 0.6 is 0 Å². The second kappa shape index (κ2) is 5.06. The van der Waals surface area contributed by atoms with Crippen LogP contribution in [0.15, 0.2) is 53.1 Å². The lowest BCUT2D eigenvalue weighted by Gasteiger charge is -2.12. The fourth-order valence-corrected chi connectivity index (χ4v) is 2.08. The Morgan fingerprint density at radius 1 is 1.25 bits per heavy atom. The van der Waals surface area contributed by atoms with Crippen molar-refractivity contribution in [3.8, 4) is 6.07 Å². The molecule has 0 aliphatic rings. The van der Waals surface area contributed by atoms with Crippen LogP contribution < -0.4 is 5.32 Å². The number of hydrogen-bond donors (Lipinski definition) is 1. The zero-order valence-electron chi connectivity index (χ0n) is 11.0. The zero-order chi connectivity index (χ0) is 13.9. The maximum absolute atomic E-state index is 8.72. The van der Waals surface area contributed by atoms with Crippen molar-refractivity contribution in [3.05, 3.63) is 60.1 Å². The highest BCUT2D eigenvalue weighted by Gasteiger charge is 2.11. The molecule has 2 heterocycles. The van der Waals surface area contributed by atoms with Gasteiger partial charge in [-0.3, -0.25) is 0 Å². The van der Waals surface area contributed by atoms with Crippen molar-refractivity contribution in [3.63, 3.8) is 0 Å². The topological polar surface area (TPSA) is 61.9 Å². The smallest absolute Gasteiger partial charge is 0.140 e. The number of benzene rings is 1. The number of rotatable bonds is 3. The molecule has 3 rings (SSSR count). The highest BCUT2D eigenvalue weighted by Crippen LogP contribution is 2.25. The molecule has 98 valence electrons. The van der Waals surface area contributed by atoms with E-state index in [4.69, 9.17) is 9.68 Å². The molecule has 4 nitrogen and oxygen atoms in total. The fourth-order valence-electron chi connectivity index (χ4n) is 2.08. The molecule has 0 bridgehead atoms. The third kappa shape index (κ3) is 2.34. The molecule has 0 amide bonds. The van der Waals surface area contributed by atoms with Crippen molar-refractivity contribution in [1.29, 1.82) is 5.26 Å². The van der Waals surface area contributed by atoms with E-state index in [2.05, 4.69) is 10.3 Å². The molecule has 0 radical (unpaired) electrons. The monoisotopic (exact) mass is 263 g/mol. The van der Waals surface area contributed by atoms with E-state index >= 15 is 0 Å². The molecule has 1 atom stereocenters. The average molecular weight is 263 g/mol. The SMILES string of the molecule is C[C@@H](Nc1ccc(C#N)nc1)c1cc2ccccc2o1. The number of para-hydroxylation sites is 1. The minimum atomic E-state index is 0.0251. The van der Waals surface area contributed by atoms with E-state index in [1.807, 2.05) is 49.4 Å². The summed E-state index contributed by atoms with van der Waals surface area (Å²) in [6.45, 7) is 2.02. The number of nitriles is 1. The van der Waals surface area contributed by atoms with Crippen LogP contribution in [0.5, 0.6) is 0 Å². The second-order valence-electron chi connectivity index (χ2n) is 4.60. The van der Waals surface area contributed by atoms with E-state index in [1.54, 1.807) is 12.3 Å². The fraction of sp³-hybridized carbons (Fsp3) is 0.125. The Morgan fingerprint density at radius 3 is 2.80 bits per heavy atom. The van der Waals surface area contributed by atoms with Crippen LogP contribution in [0.25, 0.3) is 11.0 Å². The molecule has 20 heavy (non-hydrogen) atoms. The average Bonchev–Trinajstić information content (AvgIpc) is 2.92.